The lowest BCUT2D eigenvalue weighted by Gasteiger charge is -2.12. The van der Waals surface area contributed by atoms with E-state index in [9.17, 15) is 14.9 Å². The molecule has 0 aliphatic heterocycles. The fourth-order valence-corrected chi connectivity index (χ4v) is 1.93. The summed E-state index contributed by atoms with van der Waals surface area (Å²) in [4.78, 5) is 25.7. The summed E-state index contributed by atoms with van der Waals surface area (Å²) in [7, 11) is 0. The number of nitrogens with two attached hydrogens (primary N) is 1. The first-order chi connectivity index (χ1) is 9.49. The fraction of sp³-hybridized carbons (Fsp3) is 0.231. The summed E-state index contributed by atoms with van der Waals surface area (Å²) in [6.07, 6.45) is 3.64. The van der Waals surface area contributed by atoms with Crippen LogP contribution in [0, 0.1) is 10.1 Å². The largest absolute Gasteiger partial charge is 0.368 e. The van der Waals surface area contributed by atoms with Crippen LogP contribution in [-0.4, -0.2) is 20.4 Å². The third-order valence-corrected chi connectivity index (χ3v) is 3.06. The van der Waals surface area contributed by atoms with Crippen LogP contribution in [0.4, 0.5) is 5.69 Å². The molecule has 1 amide bonds. The predicted octanol–water partition coefficient (Wildman–Crippen LogP) is 1.43. The number of hydrogen-bond acceptors (Lipinski definition) is 4. The smallest absolute Gasteiger partial charge is 0.269 e. The molecule has 7 heteroatoms. The van der Waals surface area contributed by atoms with Gasteiger partial charge in [0.1, 0.15) is 11.9 Å². The molecule has 0 fully saturated rings. The van der Waals surface area contributed by atoms with Crippen LogP contribution in [0.15, 0.2) is 36.7 Å². The Morgan fingerprint density at radius 2 is 2.30 bits per heavy atom. The van der Waals surface area contributed by atoms with Crippen molar-refractivity contribution in [3.63, 3.8) is 0 Å². The van der Waals surface area contributed by atoms with Gasteiger partial charge in [-0.2, -0.15) is 0 Å². The lowest BCUT2D eigenvalue weighted by Crippen LogP contribution is -2.25. The minimum absolute atomic E-state index is 0.0311. The SMILES string of the molecule is CC(C(N)=O)n1ccnc1Cc1cccc([N+](=O)[O-])c1. The molecule has 1 aromatic heterocycles. The number of nitrogens with zero attached hydrogens (tertiary/aromatic N) is 3. The Balaban J connectivity index is 2.27. The maximum atomic E-state index is 11.2. The normalized spacial score (nSPS) is 12.1. The molecule has 1 unspecified atom stereocenters. The van der Waals surface area contributed by atoms with Gasteiger partial charge < -0.3 is 10.3 Å². The monoisotopic (exact) mass is 274 g/mol. The molecule has 0 aliphatic carbocycles. The highest BCUT2D eigenvalue weighted by atomic mass is 16.6. The highest BCUT2D eigenvalue weighted by molar-refractivity contribution is 5.78. The molecule has 0 saturated heterocycles. The zero-order valence-electron chi connectivity index (χ0n) is 10.9. The summed E-state index contributed by atoms with van der Waals surface area (Å²) in [5.41, 5.74) is 6.06. The average Bonchev–Trinajstić information content (AvgIpc) is 2.86. The minimum Gasteiger partial charge on any atom is -0.368 e. The van der Waals surface area contributed by atoms with Crippen molar-refractivity contribution in [3.05, 3.63) is 58.2 Å². The van der Waals surface area contributed by atoms with Gasteiger partial charge in [-0.25, -0.2) is 4.98 Å². The third kappa shape index (κ3) is 2.82. The van der Waals surface area contributed by atoms with Crippen molar-refractivity contribution in [2.75, 3.05) is 0 Å². The molecule has 7 nitrogen and oxygen atoms in total. The van der Waals surface area contributed by atoms with Gasteiger partial charge in [0.2, 0.25) is 5.91 Å². The predicted molar refractivity (Wildman–Crippen MR) is 72.0 cm³/mol. The molecule has 1 atom stereocenters. The average molecular weight is 274 g/mol. The Bertz CT molecular complexity index is 651. The number of aromatic nitrogens is 2. The number of rotatable bonds is 5. The van der Waals surface area contributed by atoms with Crippen LogP contribution in [0.3, 0.4) is 0 Å². The molecule has 2 aromatic rings. The van der Waals surface area contributed by atoms with E-state index in [1.165, 1.54) is 12.1 Å². The van der Waals surface area contributed by atoms with Crippen LogP contribution < -0.4 is 5.73 Å². The van der Waals surface area contributed by atoms with Crippen LogP contribution >= 0.6 is 0 Å². The van der Waals surface area contributed by atoms with Gasteiger partial charge in [0.15, 0.2) is 0 Å². The van der Waals surface area contributed by atoms with Gasteiger partial charge in [0.05, 0.1) is 4.92 Å². The van der Waals surface area contributed by atoms with E-state index in [-0.39, 0.29) is 5.69 Å². The molecular weight excluding hydrogens is 260 g/mol. The Morgan fingerprint density at radius 1 is 1.55 bits per heavy atom. The molecule has 1 heterocycles. The number of amides is 1. The van der Waals surface area contributed by atoms with Gasteiger partial charge in [-0.1, -0.05) is 12.1 Å². The van der Waals surface area contributed by atoms with Crippen molar-refractivity contribution < 1.29 is 9.72 Å². The molecule has 104 valence electrons. The number of benzene rings is 1. The van der Waals surface area contributed by atoms with Crippen molar-refractivity contribution in [1.29, 1.82) is 0 Å². The zero-order chi connectivity index (χ0) is 14.7. The fourth-order valence-electron chi connectivity index (χ4n) is 1.93. The number of nitro groups is 1. The van der Waals surface area contributed by atoms with Crippen LogP contribution in [-0.2, 0) is 11.2 Å². The Kier molecular flexibility index (Phi) is 3.79. The zero-order valence-corrected chi connectivity index (χ0v) is 10.9. The molecule has 0 saturated carbocycles. The number of hydrogen-bond donors (Lipinski definition) is 1. The first kappa shape index (κ1) is 13.7. The van der Waals surface area contributed by atoms with Crippen LogP contribution in [0.1, 0.15) is 24.4 Å². The van der Waals surface area contributed by atoms with E-state index in [1.807, 2.05) is 0 Å². The Morgan fingerprint density at radius 3 is 2.95 bits per heavy atom. The number of carbonyl (C=O) groups excluding carboxylic acids is 1. The first-order valence-corrected chi connectivity index (χ1v) is 6.03. The second-order valence-electron chi connectivity index (χ2n) is 4.43. The standard InChI is InChI=1S/C13H14N4O3/c1-9(13(14)18)16-6-5-15-12(16)8-10-3-2-4-11(7-10)17(19)20/h2-7,9H,8H2,1H3,(H2,14,18). The molecule has 0 bridgehead atoms. The Labute approximate surface area is 115 Å². The van der Waals surface area contributed by atoms with Gasteiger partial charge >= 0.3 is 0 Å². The molecule has 0 radical (unpaired) electrons. The number of non-ortho nitro benzene ring substituents is 1. The summed E-state index contributed by atoms with van der Waals surface area (Å²) < 4.78 is 1.67. The summed E-state index contributed by atoms with van der Waals surface area (Å²) in [6.45, 7) is 1.68. The number of imidazole rings is 1. The van der Waals surface area contributed by atoms with E-state index in [1.54, 1.807) is 36.0 Å². The van der Waals surface area contributed by atoms with Gasteiger partial charge in [0.25, 0.3) is 5.69 Å². The molecule has 2 rings (SSSR count). The highest BCUT2D eigenvalue weighted by Gasteiger charge is 2.15. The minimum atomic E-state index is -0.508. The van der Waals surface area contributed by atoms with Crippen LogP contribution in [0.2, 0.25) is 0 Å². The maximum Gasteiger partial charge on any atom is 0.269 e. The van der Waals surface area contributed by atoms with E-state index in [4.69, 9.17) is 5.73 Å². The van der Waals surface area contributed by atoms with Crippen molar-refractivity contribution in [2.24, 2.45) is 5.73 Å². The summed E-state index contributed by atoms with van der Waals surface area (Å²) >= 11 is 0. The van der Waals surface area contributed by atoms with Crippen LogP contribution in [0.25, 0.3) is 0 Å². The van der Waals surface area contributed by atoms with E-state index < -0.39 is 16.9 Å². The van der Waals surface area contributed by atoms with Crippen molar-refractivity contribution >= 4 is 11.6 Å². The molecule has 0 spiro atoms. The summed E-state index contributed by atoms with van der Waals surface area (Å²) in [5.74, 6) is 0.181. The van der Waals surface area contributed by atoms with Crippen molar-refractivity contribution in [2.45, 2.75) is 19.4 Å². The molecule has 1 aromatic carbocycles. The number of primary amides is 1. The van der Waals surface area contributed by atoms with Gasteiger partial charge in [-0.05, 0) is 12.5 Å². The van der Waals surface area contributed by atoms with E-state index in [0.29, 0.717) is 12.2 Å². The van der Waals surface area contributed by atoms with E-state index >= 15 is 0 Å². The second-order valence-corrected chi connectivity index (χ2v) is 4.43. The highest BCUT2D eigenvalue weighted by Crippen LogP contribution is 2.17. The van der Waals surface area contributed by atoms with Crippen molar-refractivity contribution in [3.8, 4) is 0 Å². The summed E-state index contributed by atoms with van der Waals surface area (Å²) in [5, 5.41) is 10.7. The lowest BCUT2D eigenvalue weighted by molar-refractivity contribution is -0.384. The van der Waals surface area contributed by atoms with Crippen molar-refractivity contribution in [1.82, 2.24) is 9.55 Å². The topological polar surface area (TPSA) is 104 Å². The number of nitro benzene ring substituents is 1. The first-order valence-electron chi connectivity index (χ1n) is 6.03. The number of carbonyl (C=O) groups is 1. The van der Waals surface area contributed by atoms with E-state index in [2.05, 4.69) is 4.98 Å². The maximum absolute atomic E-state index is 11.2. The quantitative estimate of drug-likeness (QED) is 0.657. The molecular formula is C13H14N4O3. The lowest BCUT2D eigenvalue weighted by atomic mass is 10.1. The summed E-state index contributed by atoms with van der Waals surface area (Å²) in [6, 6.07) is 5.82. The second kappa shape index (κ2) is 5.52. The van der Waals surface area contributed by atoms with Crippen LogP contribution in [0.5, 0.6) is 0 Å². The third-order valence-electron chi connectivity index (χ3n) is 3.06. The molecule has 0 aliphatic rings. The van der Waals surface area contributed by atoms with Gasteiger partial charge in [-0.15, -0.1) is 0 Å². The molecule has 20 heavy (non-hydrogen) atoms. The Hall–Kier alpha value is -2.70. The van der Waals surface area contributed by atoms with Gasteiger partial charge in [0, 0.05) is 30.9 Å². The van der Waals surface area contributed by atoms with E-state index in [0.717, 1.165) is 5.56 Å². The van der Waals surface area contributed by atoms with Gasteiger partial charge in [-0.3, -0.25) is 14.9 Å². The molecule has 2 N–H and O–H groups in total.